The number of hydrogen-bond acceptors (Lipinski definition) is 6. The molecule has 0 aliphatic carbocycles. The lowest BCUT2D eigenvalue weighted by molar-refractivity contribution is 0.0675. The second kappa shape index (κ2) is 16.1. The van der Waals surface area contributed by atoms with Gasteiger partial charge in [0.15, 0.2) is 0 Å². The van der Waals surface area contributed by atoms with E-state index in [2.05, 4.69) is 33.5 Å². The molecule has 0 heterocycles. The predicted molar refractivity (Wildman–Crippen MR) is 134 cm³/mol. The van der Waals surface area contributed by atoms with E-state index in [1.54, 1.807) is 0 Å². The fourth-order valence-electron chi connectivity index (χ4n) is 3.24. The molecule has 2 unspecified atom stereocenters. The lowest BCUT2D eigenvalue weighted by Gasteiger charge is -2.30. The highest BCUT2D eigenvalue weighted by molar-refractivity contribution is 9.09. The SMILES string of the molecule is CCO[Si](CC(C)CCSSSCCC(C)C[Si](C)(C)C)(OCC)OCC. The molecule has 2 atom stereocenters. The molecule has 0 N–H and O–H groups in total. The van der Waals surface area contributed by atoms with Crippen molar-refractivity contribution in [3.05, 3.63) is 0 Å². The van der Waals surface area contributed by atoms with Crippen molar-refractivity contribution in [2.24, 2.45) is 11.8 Å². The summed E-state index contributed by atoms with van der Waals surface area (Å²) in [6.45, 7) is 20.2. The van der Waals surface area contributed by atoms with Crippen LogP contribution in [-0.2, 0) is 13.3 Å². The van der Waals surface area contributed by atoms with E-state index in [0.29, 0.717) is 25.7 Å². The van der Waals surface area contributed by atoms with Gasteiger partial charge in [0.05, 0.1) is 0 Å². The minimum absolute atomic E-state index is 0.566. The molecule has 0 aromatic rings. The molecule has 0 aliphatic rings. The van der Waals surface area contributed by atoms with Crippen LogP contribution in [0, 0.1) is 11.8 Å². The van der Waals surface area contributed by atoms with Crippen LogP contribution in [0.4, 0.5) is 0 Å². The first kappa shape index (κ1) is 28.4. The van der Waals surface area contributed by atoms with Crippen LogP contribution in [0.2, 0.25) is 31.7 Å². The zero-order chi connectivity index (χ0) is 20.8. The molecule has 0 fully saturated rings. The van der Waals surface area contributed by atoms with Gasteiger partial charge in [-0.3, -0.25) is 0 Å². The second-order valence-corrected chi connectivity index (χ2v) is 21.1. The van der Waals surface area contributed by atoms with Gasteiger partial charge in [0.2, 0.25) is 0 Å². The van der Waals surface area contributed by atoms with Gasteiger partial charge in [0.1, 0.15) is 0 Å². The maximum Gasteiger partial charge on any atom is 0.501 e. The monoisotopic (exact) mass is 472 g/mol. The first-order valence-corrected chi connectivity index (χ1v) is 20.0. The van der Waals surface area contributed by atoms with Crippen LogP contribution in [0.15, 0.2) is 0 Å². The average Bonchev–Trinajstić information content (AvgIpc) is 2.53. The van der Waals surface area contributed by atoms with E-state index >= 15 is 0 Å². The Balaban J connectivity index is 3.96. The second-order valence-electron chi connectivity index (χ2n) is 8.45. The third-order valence-corrected chi connectivity index (χ3v) is 13.7. The molecule has 8 heteroatoms. The van der Waals surface area contributed by atoms with Gasteiger partial charge in [-0.2, -0.15) is 0 Å². The molecule has 27 heavy (non-hydrogen) atoms. The maximum atomic E-state index is 5.98. The van der Waals surface area contributed by atoms with Crippen molar-refractivity contribution < 1.29 is 13.3 Å². The molecule has 164 valence electrons. The van der Waals surface area contributed by atoms with E-state index in [9.17, 15) is 0 Å². The predicted octanol–water partition coefficient (Wildman–Crippen LogP) is 7.46. The zero-order valence-corrected chi connectivity index (χ0v) is 23.4. The van der Waals surface area contributed by atoms with E-state index in [4.69, 9.17) is 13.3 Å². The Kier molecular flexibility index (Phi) is 16.9. The molecular formula is C19H44O3S3Si2. The zero-order valence-electron chi connectivity index (χ0n) is 19.0. The summed E-state index contributed by atoms with van der Waals surface area (Å²) in [6.07, 6.45) is 2.54. The van der Waals surface area contributed by atoms with Gasteiger partial charge in [-0.1, -0.05) is 61.1 Å². The van der Waals surface area contributed by atoms with Crippen LogP contribution in [0.5, 0.6) is 0 Å². The van der Waals surface area contributed by atoms with Crippen molar-refractivity contribution in [1.29, 1.82) is 0 Å². The van der Waals surface area contributed by atoms with Gasteiger partial charge in [-0.15, -0.1) is 0 Å². The van der Waals surface area contributed by atoms with Crippen molar-refractivity contribution in [3.63, 3.8) is 0 Å². The Morgan fingerprint density at radius 1 is 0.704 bits per heavy atom. The molecule has 0 aromatic carbocycles. The van der Waals surface area contributed by atoms with Gasteiger partial charge < -0.3 is 13.3 Å². The molecule has 0 saturated heterocycles. The minimum Gasteiger partial charge on any atom is -0.374 e. The lowest BCUT2D eigenvalue weighted by atomic mass is 10.2. The summed E-state index contributed by atoms with van der Waals surface area (Å²) < 4.78 is 17.9. The van der Waals surface area contributed by atoms with Crippen LogP contribution in [0.1, 0.15) is 47.5 Å². The first-order valence-electron chi connectivity index (χ1n) is 10.5. The molecule has 0 rings (SSSR count). The Morgan fingerprint density at radius 2 is 1.11 bits per heavy atom. The standard InChI is InChI=1S/C19H44O3S3Si2/c1-9-20-27(21-10-2,22-11-3)17-19(5)13-15-24-25-23-14-12-18(4)16-26(6,7)8/h18-19H,9-17H2,1-8H3. The van der Waals surface area contributed by atoms with E-state index < -0.39 is 16.9 Å². The summed E-state index contributed by atoms with van der Waals surface area (Å²) in [7, 11) is 2.60. The summed E-state index contributed by atoms with van der Waals surface area (Å²) in [5.74, 6) is 3.89. The highest BCUT2D eigenvalue weighted by Gasteiger charge is 2.41. The van der Waals surface area contributed by atoms with E-state index in [0.717, 1.165) is 12.0 Å². The van der Waals surface area contributed by atoms with Crippen LogP contribution < -0.4 is 0 Å². The van der Waals surface area contributed by atoms with E-state index in [-0.39, 0.29) is 0 Å². The molecule has 3 nitrogen and oxygen atoms in total. The topological polar surface area (TPSA) is 27.7 Å². The third-order valence-electron chi connectivity index (χ3n) is 4.14. The quantitative estimate of drug-likeness (QED) is 0.117. The van der Waals surface area contributed by atoms with Crippen molar-refractivity contribution in [2.75, 3.05) is 31.3 Å². The van der Waals surface area contributed by atoms with Crippen LogP contribution in [0.25, 0.3) is 0 Å². The van der Waals surface area contributed by atoms with Crippen molar-refractivity contribution in [3.8, 4) is 0 Å². The fraction of sp³-hybridized carbons (Fsp3) is 1.00. The van der Waals surface area contributed by atoms with Crippen LogP contribution in [0.3, 0.4) is 0 Å². The van der Waals surface area contributed by atoms with E-state index in [1.165, 1.54) is 30.4 Å². The Hall–Kier alpha value is 1.36. The molecule has 0 radical (unpaired) electrons. The summed E-state index contributed by atoms with van der Waals surface area (Å²) in [4.78, 5) is 0. The lowest BCUT2D eigenvalue weighted by Crippen LogP contribution is -2.47. The van der Waals surface area contributed by atoms with Gasteiger partial charge in [-0.25, -0.2) is 0 Å². The molecule has 0 bridgehead atoms. The summed E-state index contributed by atoms with van der Waals surface area (Å²) in [6, 6.07) is 2.38. The molecule has 0 saturated carbocycles. The first-order chi connectivity index (χ1) is 12.7. The van der Waals surface area contributed by atoms with Gasteiger partial charge in [0.25, 0.3) is 0 Å². The minimum atomic E-state index is -2.49. The van der Waals surface area contributed by atoms with Crippen molar-refractivity contribution in [1.82, 2.24) is 0 Å². The number of hydrogen-bond donors (Lipinski definition) is 0. The highest BCUT2D eigenvalue weighted by Crippen LogP contribution is 2.37. The summed E-state index contributed by atoms with van der Waals surface area (Å²) >= 11 is 0. The Morgan fingerprint density at radius 3 is 1.48 bits per heavy atom. The highest BCUT2D eigenvalue weighted by atomic mass is 33.5. The van der Waals surface area contributed by atoms with Gasteiger partial charge in [0, 0.05) is 45.4 Å². The van der Waals surface area contributed by atoms with Crippen molar-refractivity contribution >= 4 is 48.3 Å². The molecule has 0 spiro atoms. The van der Waals surface area contributed by atoms with E-state index in [1.807, 2.05) is 52.2 Å². The van der Waals surface area contributed by atoms with Gasteiger partial charge >= 0.3 is 8.80 Å². The van der Waals surface area contributed by atoms with Crippen molar-refractivity contribution in [2.45, 2.75) is 79.2 Å². The smallest absolute Gasteiger partial charge is 0.374 e. The van der Waals surface area contributed by atoms with Gasteiger partial charge in [-0.05, 0) is 55.3 Å². The fourth-order valence-corrected chi connectivity index (χ4v) is 12.7. The third kappa shape index (κ3) is 15.8. The molecule has 0 amide bonds. The Labute approximate surface area is 183 Å². The maximum absolute atomic E-state index is 5.98. The molecule has 0 aliphatic heterocycles. The molecule has 0 aromatic heterocycles. The number of rotatable bonds is 18. The normalized spacial score (nSPS) is 15.1. The van der Waals surface area contributed by atoms with Crippen LogP contribution >= 0.6 is 31.4 Å². The largest absolute Gasteiger partial charge is 0.501 e. The average molecular weight is 473 g/mol. The van der Waals surface area contributed by atoms with Crippen LogP contribution in [-0.4, -0.2) is 48.2 Å². The summed E-state index contributed by atoms with van der Waals surface area (Å²) in [5.41, 5.74) is 0. The summed E-state index contributed by atoms with van der Waals surface area (Å²) in [5, 5.41) is 0. The molecular weight excluding hydrogens is 429 g/mol. The Bertz CT molecular complexity index is 341.